The van der Waals surface area contributed by atoms with Crippen LogP contribution in [0.4, 0.5) is 9.59 Å². The Bertz CT molecular complexity index is 658. The van der Waals surface area contributed by atoms with Crippen LogP contribution in [-0.4, -0.2) is 59.1 Å². The third kappa shape index (κ3) is 18.0. The van der Waals surface area contributed by atoms with E-state index in [0.717, 1.165) is 12.1 Å². The number of ether oxygens (including phenoxy) is 2. The van der Waals surface area contributed by atoms with Gasteiger partial charge in [0.15, 0.2) is 0 Å². The van der Waals surface area contributed by atoms with Crippen molar-refractivity contribution in [3.8, 4) is 0 Å². The molecule has 0 spiro atoms. The quantitative estimate of drug-likeness (QED) is 0.275. The zero-order valence-corrected chi connectivity index (χ0v) is 24.1. The number of aliphatic carboxylic acids is 1. The maximum Gasteiger partial charge on any atom is 0.408 e. The van der Waals surface area contributed by atoms with Crippen molar-refractivity contribution >= 4 is 18.2 Å². The molecule has 216 valence electrons. The molecule has 2 amide bonds. The second-order valence-corrected chi connectivity index (χ2v) is 12.3. The largest absolute Gasteiger partial charge is 0.480 e. The van der Waals surface area contributed by atoms with Crippen LogP contribution in [-0.2, 0) is 14.3 Å². The Morgan fingerprint density at radius 3 is 1.65 bits per heavy atom. The van der Waals surface area contributed by atoms with Gasteiger partial charge in [0.2, 0.25) is 0 Å². The summed E-state index contributed by atoms with van der Waals surface area (Å²) in [6, 6.07) is 0.718. The molecule has 0 radical (unpaired) electrons. The molecule has 1 unspecified atom stereocenters. The summed E-state index contributed by atoms with van der Waals surface area (Å²) in [5.41, 5.74) is -1.25. The lowest BCUT2D eigenvalue weighted by molar-refractivity contribution is -0.139. The minimum absolute atomic E-state index is 0.241. The average Bonchev–Trinajstić information content (AvgIpc) is 2.77. The van der Waals surface area contributed by atoms with Crippen molar-refractivity contribution in [1.29, 1.82) is 0 Å². The summed E-state index contributed by atoms with van der Waals surface area (Å²) in [6.07, 6.45) is 14.6. The molecule has 2 aliphatic carbocycles. The molecule has 2 rings (SSSR count). The molecule has 4 N–H and O–H groups in total. The summed E-state index contributed by atoms with van der Waals surface area (Å²) in [7, 11) is 0. The highest BCUT2D eigenvalue weighted by molar-refractivity contribution is 5.79. The van der Waals surface area contributed by atoms with Crippen molar-refractivity contribution < 1.29 is 29.0 Å². The molecular weight excluding hydrogens is 474 g/mol. The van der Waals surface area contributed by atoms with E-state index in [9.17, 15) is 14.4 Å². The van der Waals surface area contributed by atoms with Crippen LogP contribution in [0.3, 0.4) is 0 Å². The van der Waals surface area contributed by atoms with E-state index in [1.165, 1.54) is 64.2 Å². The number of nitrogens with one attached hydrogen (secondary N) is 3. The van der Waals surface area contributed by atoms with Crippen molar-refractivity contribution in [2.75, 3.05) is 6.54 Å². The molecule has 2 saturated carbocycles. The smallest absolute Gasteiger partial charge is 0.408 e. The van der Waals surface area contributed by atoms with Gasteiger partial charge in [-0.25, -0.2) is 14.4 Å². The van der Waals surface area contributed by atoms with Gasteiger partial charge in [0.25, 0.3) is 0 Å². The van der Waals surface area contributed by atoms with E-state index >= 15 is 0 Å². The minimum Gasteiger partial charge on any atom is -0.480 e. The SMILES string of the molecule is C1CCC(NC2CCCCC2)CC1.CC(C)(C)OC(=O)NCCCCC(NC(=O)OC(C)(C)C)C(=O)O. The molecule has 0 heterocycles. The summed E-state index contributed by atoms with van der Waals surface area (Å²) < 4.78 is 10.1. The number of hydrogen-bond donors (Lipinski definition) is 4. The first-order chi connectivity index (χ1) is 17.2. The number of rotatable bonds is 9. The highest BCUT2D eigenvalue weighted by Crippen LogP contribution is 2.22. The van der Waals surface area contributed by atoms with Gasteiger partial charge < -0.3 is 30.5 Å². The van der Waals surface area contributed by atoms with Gasteiger partial charge in [0.05, 0.1) is 0 Å². The van der Waals surface area contributed by atoms with Gasteiger partial charge in [-0.1, -0.05) is 38.5 Å². The Labute approximate surface area is 224 Å². The molecule has 9 nitrogen and oxygen atoms in total. The second kappa shape index (κ2) is 16.7. The van der Waals surface area contributed by atoms with Crippen LogP contribution in [0.5, 0.6) is 0 Å². The van der Waals surface area contributed by atoms with E-state index < -0.39 is 35.4 Å². The summed E-state index contributed by atoms with van der Waals surface area (Å²) in [5, 5.41) is 17.9. The molecule has 0 saturated heterocycles. The Kier molecular flexibility index (Phi) is 14.9. The van der Waals surface area contributed by atoms with Gasteiger partial charge >= 0.3 is 18.2 Å². The fourth-order valence-electron chi connectivity index (χ4n) is 4.56. The number of unbranched alkanes of at least 4 members (excludes halogenated alkanes) is 1. The van der Waals surface area contributed by atoms with E-state index in [1.807, 2.05) is 0 Å². The standard InChI is InChI=1S/C16H30N2O6.C12H23N/c1-15(2,3)23-13(21)17-10-8-7-9-11(12(19)20)18-14(22)24-16(4,5)6;1-3-7-11(8-4-1)13-12-9-5-2-6-10-12/h11H,7-10H2,1-6H3,(H,17,21)(H,18,22)(H,19,20);11-13H,1-10H2. The molecule has 1 atom stereocenters. The van der Waals surface area contributed by atoms with Crippen molar-refractivity contribution in [2.45, 2.75) is 154 Å². The van der Waals surface area contributed by atoms with Gasteiger partial charge in [-0.05, 0) is 86.5 Å². The number of alkyl carbamates (subject to hydrolysis) is 2. The second-order valence-electron chi connectivity index (χ2n) is 12.3. The van der Waals surface area contributed by atoms with Crippen LogP contribution in [0.1, 0.15) is 125 Å². The fraction of sp³-hybridized carbons (Fsp3) is 0.893. The summed E-state index contributed by atoms with van der Waals surface area (Å²) >= 11 is 0. The summed E-state index contributed by atoms with van der Waals surface area (Å²) in [4.78, 5) is 34.2. The maximum atomic E-state index is 11.6. The fourth-order valence-corrected chi connectivity index (χ4v) is 4.56. The Hall–Kier alpha value is -2.03. The molecule has 2 aliphatic rings. The molecule has 0 aromatic heterocycles. The maximum absolute atomic E-state index is 11.6. The predicted molar refractivity (Wildman–Crippen MR) is 146 cm³/mol. The van der Waals surface area contributed by atoms with Gasteiger partial charge in [-0.15, -0.1) is 0 Å². The Morgan fingerprint density at radius 2 is 1.22 bits per heavy atom. The lowest BCUT2D eigenvalue weighted by atomic mass is 9.91. The van der Waals surface area contributed by atoms with Crippen LogP contribution in [0, 0.1) is 0 Å². The van der Waals surface area contributed by atoms with Crippen molar-refractivity contribution in [1.82, 2.24) is 16.0 Å². The number of amides is 2. The molecule has 0 aromatic rings. The van der Waals surface area contributed by atoms with Gasteiger partial charge in [-0.3, -0.25) is 0 Å². The highest BCUT2D eigenvalue weighted by Gasteiger charge is 2.24. The lowest BCUT2D eigenvalue weighted by Gasteiger charge is -2.30. The predicted octanol–water partition coefficient (Wildman–Crippen LogP) is 5.90. The molecule has 9 heteroatoms. The van der Waals surface area contributed by atoms with Crippen LogP contribution >= 0.6 is 0 Å². The van der Waals surface area contributed by atoms with Crippen LogP contribution < -0.4 is 16.0 Å². The van der Waals surface area contributed by atoms with Crippen LogP contribution in [0.25, 0.3) is 0 Å². The molecule has 2 fully saturated rings. The third-order valence-electron chi connectivity index (χ3n) is 6.26. The van der Waals surface area contributed by atoms with E-state index in [1.54, 1.807) is 41.5 Å². The average molecular weight is 528 g/mol. The lowest BCUT2D eigenvalue weighted by Crippen LogP contribution is -2.43. The van der Waals surface area contributed by atoms with Gasteiger partial charge in [0.1, 0.15) is 17.2 Å². The van der Waals surface area contributed by atoms with Crippen molar-refractivity contribution in [2.24, 2.45) is 0 Å². The normalized spacial score (nSPS) is 18.1. The first-order valence-electron chi connectivity index (χ1n) is 14.2. The number of carboxylic acids is 1. The van der Waals surface area contributed by atoms with E-state index in [2.05, 4.69) is 16.0 Å². The number of carbonyl (C=O) groups excluding carboxylic acids is 2. The van der Waals surface area contributed by atoms with Gasteiger partial charge in [0, 0.05) is 18.6 Å². The molecule has 0 aliphatic heterocycles. The monoisotopic (exact) mass is 527 g/mol. The van der Waals surface area contributed by atoms with Crippen molar-refractivity contribution in [3.63, 3.8) is 0 Å². The van der Waals surface area contributed by atoms with E-state index in [0.29, 0.717) is 19.4 Å². The summed E-state index contributed by atoms with van der Waals surface area (Å²) in [5.74, 6) is -1.12. The number of carbonyl (C=O) groups is 3. The first kappa shape index (κ1) is 33.0. The topological polar surface area (TPSA) is 126 Å². The summed E-state index contributed by atoms with van der Waals surface area (Å²) in [6.45, 7) is 10.8. The first-order valence-corrected chi connectivity index (χ1v) is 14.2. The highest BCUT2D eigenvalue weighted by atomic mass is 16.6. The molecule has 37 heavy (non-hydrogen) atoms. The van der Waals surface area contributed by atoms with Crippen LogP contribution in [0.2, 0.25) is 0 Å². The molecule has 0 bridgehead atoms. The molecule has 0 aromatic carbocycles. The Balaban J connectivity index is 0.000000435. The minimum atomic E-state index is -1.12. The van der Waals surface area contributed by atoms with Crippen LogP contribution in [0.15, 0.2) is 0 Å². The molecular formula is C28H53N3O6. The van der Waals surface area contributed by atoms with Gasteiger partial charge in [-0.2, -0.15) is 0 Å². The number of hydrogen-bond acceptors (Lipinski definition) is 6. The van der Waals surface area contributed by atoms with E-state index in [-0.39, 0.29) is 6.42 Å². The zero-order valence-electron chi connectivity index (χ0n) is 24.1. The Morgan fingerprint density at radius 1 is 0.757 bits per heavy atom. The number of carboxylic acid groups (broad SMARTS) is 1. The van der Waals surface area contributed by atoms with Crippen molar-refractivity contribution in [3.05, 3.63) is 0 Å². The van der Waals surface area contributed by atoms with E-state index in [4.69, 9.17) is 14.6 Å². The zero-order chi connectivity index (χ0) is 27.9. The third-order valence-corrected chi connectivity index (χ3v) is 6.26.